The first-order chi connectivity index (χ1) is 14.5. The number of rotatable bonds is 5. The first kappa shape index (κ1) is 20.1. The lowest BCUT2D eigenvalue weighted by molar-refractivity contribution is 0.0622. The fraction of sp³-hybridized carbons (Fsp3) is 0.348. The van der Waals surface area contributed by atoms with Gasteiger partial charge in [0.05, 0.1) is 18.7 Å². The van der Waals surface area contributed by atoms with Crippen molar-refractivity contribution in [2.45, 2.75) is 31.6 Å². The van der Waals surface area contributed by atoms with E-state index in [1.807, 2.05) is 6.92 Å². The number of hydrogen-bond acceptors (Lipinski definition) is 5. The van der Waals surface area contributed by atoms with Gasteiger partial charge in [0.2, 0.25) is 11.8 Å². The molecular formula is C23H24FN3O3. The number of hydrogen-bond donors (Lipinski definition) is 0. The Morgan fingerprint density at radius 1 is 1.27 bits per heavy atom. The predicted octanol–water partition coefficient (Wildman–Crippen LogP) is 4.00. The Bertz CT molecular complexity index is 1050. The summed E-state index contributed by atoms with van der Waals surface area (Å²) in [6.45, 7) is 3.17. The summed E-state index contributed by atoms with van der Waals surface area (Å²) >= 11 is 0. The molecule has 156 valence electrons. The van der Waals surface area contributed by atoms with E-state index in [-0.39, 0.29) is 11.7 Å². The molecule has 0 saturated carbocycles. The van der Waals surface area contributed by atoms with Gasteiger partial charge in [-0.1, -0.05) is 18.2 Å². The number of pyridine rings is 1. The maximum atomic E-state index is 14.0. The first-order valence-corrected chi connectivity index (χ1v) is 9.97. The molecule has 1 unspecified atom stereocenters. The Morgan fingerprint density at radius 2 is 2.10 bits per heavy atom. The number of amides is 1. The van der Waals surface area contributed by atoms with E-state index in [0.29, 0.717) is 48.2 Å². The van der Waals surface area contributed by atoms with Crippen LogP contribution in [-0.4, -0.2) is 41.0 Å². The van der Waals surface area contributed by atoms with Crippen molar-refractivity contribution in [3.8, 4) is 5.88 Å². The molecule has 7 heteroatoms. The number of benzene rings is 1. The summed E-state index contributed by atoms with van der Waals surface area (Å²) in [5, 5.41) is 0. The van der Waals surface area contributed by atoms with Gasteiger partial charge in [-0.2, -0.15) is 0 Å². The third-order valence-electron chi connectivity index (χ3n) is 5.57. The van der Waals surface area contributed by atoms with Crippen LogP contribution in [0.5, 0.6) is 5.88 Å². The highest BCUT2D eigenvalue weighted by Gasteiger charge is 2.39. The van der Waals surface area contributed by atoms with Crippen LogP contribution in [0.4, 0.5) is 4.39 Å². The molecule has 0 N–H and O–H groups in total. The quantitative estimate of drug-likeness (QED) is 0.637. The molecule has 1 fully saturated rings. The number of piperidine rings is 1. The Morgan fingerprint density at radius 3 is 2.90 bits per heavy atom. The fourth-order valence-electron chi connectivity index (χ4n) is 3.97. The molecule has 1 aromatic carbocycles. The molecule has 0 spiro atoms. The van der Waals surface area contributed by atoms with Gasteiger partial charge >= 0.3 is 0 Å². The average molecular weight is 409 g/mol. The third kappa shape index (κ3) is 3.92. The average Bonchev–Trinajstić information content (AvgIpc) is 3.24. The van der Waals surface area contributed by atoms with Gasteiger partial charge in [0.15, 0.2) is 0 Å². The molecule has 2 aromatic heterocycles. The van der Waals surface area contributed by atoms with Crippen LogP contribution in [0.25, 0.3) is 0 Å². The molecule has 3 aromatic rings. The number of methoxy groups -OCH3 is 1. The molecule has 6 nitrogen and oxygen atoms in total. The van der Waals surface area contributed by atoms with Gasteiger partial charge in [-0.25, -0.2) is 14.4 Å². The predicted molar refractivity (Wildman–Crippen MR) is 109 cm³/mol. The highest BCUT2D eigenvalue weighted by Crippen LogP contribution is 2.34. The number of likely N-dealkylation sites (tertiary alicyclic amines) is 1. The number of nitrogens with zero attached hydrogens (tertiary/aromatic N) is 3. The zero-order chi connectivity index (χ0) is 21.1. The van der Waals surface area contributed by atoms with E-state index in [9.17, 15) is 9.18 Å². The zero-order valence-corrected chi connectivity index (χ0v) is 17.1. The summed E-state index contributed by atoms with van der Waals surface area (Å²) in [5.41, 5.74) is 0.586. The fourth-order valence-corrected chi connectivity index (χ4v) is 3.97. The lowest BCUT2D eigenvalue weighted by Crippen LogP contribution is -2.47. The minimum Gasteiger partial charge on any atom is -0.480 e. The number of halogens is 1. The van der Waals surface area contributed by atoms with Crippen molar-refractivity contribution in [1.82, 2.24) is 14.9 Å². The van der Waals surface area contributed by atoms with Crippen molar-refractivity contribution < 1.29 is 18.3 Å². The largest absolute Gasteiger partial charge is 0.480 e. The van der Waals surface area contributed by atoms with Crippen molar-refractivity contribution >= 4 is 5.91 Å². The van der Waals surface area contributed by atoms with Crippen molar-refractivity contribution in [3.63, 3.8) is 0 Å². The van der Waals surface area contributed by atoms with Crippen LogP contribution in [0.1, 0.15) is 47.3 Å². The van der Waals surface area contributed by atoms with Gasteiger partial charge in [-0.3, -0.25) is 4.79 Å². The third-order valence-corrected chi connectivity index (χ3v) is 5.57. The normalized spacial score (nSPS) is 19.0. The second-order valence-corrected chi connectivity index (χ2v) is 7.85. The van der Waals surface area contributed by atoms with E-state index in [2.05, 4.69) is 9.97 Å². The van der Waals surface area contributed by atoms with Crippen LogP contribution in [0.15, 0.2) is 53.2 Å². The Balaban J connectivity index is 1.53. The summed E-state index contributed by atoms with van der Waals surface area (Å²) in [5.74, 6) is 1.11. The number of carbonyl (C=O) groups excluding carboxylic acids is 1. The summed E-state index contributed by atoms with van der Waals surface area (Å²) in [6, 6.07) is 10.1. The first-order valence-electron chi connectivity index (χ1n) is 9.97. The maximum Gasteiger partial charge on any atom is 0.259 e. The lowest BCUT2D eigenvalue weighted by atomic mass is 9.81. The maximum absolute atomic E-state index is 14.0. The highest BCUT2D eigenvalue weighted by molar-refractivity contribution is 5.96. The van der Waals surface area contributed by atoms with Crippen LogP contribution >= 0.6 is 0 Å². The minimum atomic E-state index is -0.420. The van der Waals surface area contributed by atoms with Gasteiger partial charge in [0, 0.05) is 25.7 Å². The summed E-state index contributed by atoms with van der Waals surface area (Å²) in [7, 11) is 1.50. The van der Waals surface area contributed by atoms with E-state index in [1.165, 1.54) is 13.2 Å². The molecule has 3 heterocycles. The second-order valence-electron chi connectivity index (χ2n) is 7.85. The van der Waals surface area contributed by atoms with Crippen LogP contribution in [0.3, 0.4) is 0 Å². The highest BCUT2D eigenvalue weighted by atomic mass is 19.1. The molecule has 1 aliphatic rings. The minimum absolute atomic E-state index is 0.121. The smallest absolute Gasteiger partial charge is 0.259 e. The molecule has 1 atom stereocenters. The Kier molecular flexibility index (Phi) is 5.53. The van der Waals surface area contributed by atoms with Crippen LogP contribution in [0, 0.1) is 5.82 Å². The van der Waals surface area contributed by atoms with Crippen molar-refractivity contribution in [1.29, 1.82) is 0 Å². The van der Waals surface area contributed by atoms with Crippen molar-refractivity contribution in [3.05, 3.63) is 77.4 Å². The number of ether oxygens (including phenoxy) is 1. The van der Waals surface area contributed by atoms with Crippen molar-refractivity contribution in [2.75, 3.05) is 20.2 Å². The van der Waals surface area contributed by atoms with E-state index in [4.69, 9.17) is 9.15 Å². The Labute approximate surface area is 174 Å². The van der Waals surface area contributed by atoms with Crippen LogP contribution in [0.2, 0.25) is 0 Å². The molecule has 4 rings (SSSR count). The van der Waals surface area contributed by atoms with Gasteiger partial charge in [0.1, 0.15) is 17.1 Å². The Hall–Kier alpha value is -3.22. The SMILES string of the molecule is COc1ncccc1C(=O)N1CCCC(C)(c2ncc(Cc3ccccc3F)o2)C1. The monoisotopic (exact) mass is 409 g/mol. The number of carbonyl (C=O) groups is 1. The summed E-state index contributed by atoms with van der Waals surface area (Å²) in [6.07, 6.45) is 5.26. The van der Waals surface area contributed by atoms with E-state index in [1.54, 1.807) is 47.6 Å². The molecule has 30 heavy (non-hydrogen) atoms. The van der Waals surface area contributed by atoms with E-state index < -0.39 is 5.41 Å². The zero-order valence-electron chi connectivity index (χ0n) is 17.1. The second kappa shape index (κ2) is 8.26. The molecular weight excluding hydrogens is 385 g/mol. The molecule has 0 bridgehead atoms. The number of oxazole rings is 1. The topological polar surface area (TPSA) is 68.5 Å². The van der Waals surface area contributed by atoms with E-state index in [0.717, 1.165) is 12.8 Å². The summed E-state index contributed by atoms with van der Waals surface area (Å²) in [4.78, 5) is 23.5. The molecule has 1 saturated heterocycles. The molecule has 1 aliphatic heterocycles. The van der Waals surface area contributed by atoms with Gasteiger partial charge in [-0.05, 0) is 43.5 Å². The standard InChI is InChI=1S/C23H24FN3O3/c1-23(22-26-14-17(30-22)13-16-7-3-4-9-19(16)24)10-6-12-27(15-23)21(28)18-8-5-11-25-20(18)29-2/h3-5,7-9,11,14H,6,10,12-13,15H2,1-2H3. The number of aromatic nitrogens is 2. The molecule has 0 radical (unpaired) electrons. The van der Waals surface area contributed by atoms with Crippen LogP contribution < -0.4 is 4.74 Å². The van der Waals surface area contributed by atoms with Crippen molar-refractivity contribution in [2.24, 2.45) is 0 Å². The van der Waals surface area contributed by atoms with Crippen LogP contribution in [-0.2, 0) is 11.8 Å². The van der Waals surface area contributed by atoms with E-state index >= 15 is 0 Å². The molecule has 1 amide bonds. The van der Waals surface area contributed by atoms with Gasteiger partial charge in [-0.15, -0.1) is 0 Å². The lowest BCUT2D eigenvalue weighted by Gasteiger charge is -2.38. The summed E-state index contributed by atoms with van der Waals surface area (Å²) < 4.78 is 25.2. The molecule has 0 aliphatic carbocycles. The van der Waals surface area contributed by atoms with Gasteiger partial charge in [0.25, 0.3) is 5.91 Å². The van der Waals surface area contributed by atoms with Gasteiger partial charge < -0.3 is 14.1 Å².